The molecule has 0 radical (unpaired) electrons. The van der Waals surface area contributed by atoms with E-state index in [4.69, 9.17) is 14.5 Å². The Morgan fingerprint density at radius 3 is 2.27 bits per heavy atom. The molecule has 5 heteroatoms. The number of rotatable bonds is 5. The monoisotopic (exact) mass is 438 g/mol. The van der Waals surface area contributed by atoms with Crippen LogP contribution in [0.3, 0.4) is 0 Å². The summed E-state index contributed by atoms with van der Waals surface area (Å²) in [5.41, 5.74) is 4.55. The van der Waals surface area contributed by atoms with Crippen LogP contribution < -0.4 is 14.4 Å². The number of benzene rings is 3. The quantitative estimate of drug-likeness (QED) is 0.454. The lowest BCUT2D eigenvalue weighted by Gasteiger charge is -2.38. The molecule has 2 heterocycles. The zero-order chi connectivity index (χ0) is 23.2. The molecule has 0 N–H and O–H groups in total. The van der Waals surface area contributed by atoms with Crippen molar-refractivity contribution < 1.29 is 14.3 Å². The van der Waals surface area contributed by atoms with Gasteiger partial charge in [-0.1, -0.05) is 24.3 Å². The van der Waals surface area contributed by atoms with Crippen LogP contribution in [0, 0.1) is 0 Å². The number of carbonyl (C=O) groups is 1. The summed E-state index contributed by atoms with van der Waals surface area (Å²) in [7, 11) is 0. The third kappa shape index (κ3) is 3.69. The molecule has 0 fully saturated rings. The van der Waals surface area contributed by atoms with Crippen molar-refractivity contribution in [3.63, 3.8) is 0 Å². The number of hydrogen-bond donors (Lipinski definition) is 0. The van der Waals surface area contributed by atoms with E-state index in [0.29, 0.717) is 23.8 Å². The lowest BCUT2D eigenvalue weighted by atomic mass is 9.89. The van der Waals surface area contributed by atoms with Gasteiger partial charge in [-0.2, -0.15) is 0 Å². The molecule has 166 valence electrons. The molecular formula is C28H26N2O3. The van der Waals surface area contributed by atoms with E-state index in [1.807, 2.05) is 78.6 Å². The number of para-hydroxylation sites is 1. The van der Waals surface area contributed by atoms with Gasteiger partial charge in [-0.15, -0.1) is 0 Å². The van der Waals surface area contributed by atoms with Crippen LogP contribution in [0.25, 0.3) is 5.57 Å². The van der Waals surface area contributed by atoms with Crippen molar-refractivity contribution in [1.82, 2.24) is 0 Å². The van der Waals surface area contributed by atoms with Gasteiger partial charge < -0.3 is 9.47 Å². The molecular weight excluding hydrogens is 412 g/mol. The molecule has 0 unspecified atom stereocenters. The fourth-order valence-corrected chi connectivity index (χ4v) is 4.58. The maximum Gasteiger partial charge on any atom is 0.278 e. The zero-order valence-corrected chi connectivity index (χ0v) is 19.3. The minimum Gasteiger partial charge on any atom is -0.494 e. The van der Waals surface area contributed by atoms with Gasteiger partial charge in [0.1, 0.15) is 23.0 Å². The number of anilines is 1. The molecule has 5 nitrogen and oxygen atoms in total. The standard InChI is InChI=1S/C28H26N2O3/c1-5-32-22-15-23-18(2)17-28(3,4)30-26(23)24(16-22)25(27(30)31)29-19-11-13-21(14-12-19)33-20-9-7-6-8-10-20/h6-17H,5H2,1-4H3. The first kappa shape index (κ1) is 21.0. The van der Waals surface area contributed by atoms with Gasteiger partial charge in [0.15, 0.2) is 0 Å². The van der Waals surface area contributed by atoms with Crippen molar-refractivity contribution in [2.24, 2.45) is 4.99 Å². The van der Waals surface area contributed by atoms with E-state index in [0.717, 1.165) is 33.9 Å². The molecule has 0 aliphatic carbocycles. The van der Waals surface area contributed by atoms with Gasteiger partial charge in [0.2, 0.25) is 0 Å². The molecule has 0 saturated heterocycles. The van der Waals surface area contributed by atoms with Crippen LogP contribution in [0.5, 0.6) is 17.2 Å². The first-order valence-electron chi connectivity index (χ1n) is 11.1. The average molecular weight is 439 g/mol. The second-order valence-corrected chi connectivity index (χ2v) is 8.79. The molecule has 1 amide bonds. The summed E-state index contributed by atoms with van der Waals surface area (Å²) < 4.78 is 11.7. The Hall–Kier alpha value is -3.86. The van der Waals surface area contributed by atoms with Crippen molar-refractivity contribution in [3.8, 4) is 17.2 Å². The molecule has 2 aliphatic rings. The van der Waals surface area contributed by atoms with E-state index < -0.39 is 5.54 Å². The molecule has 3 aromatic rings. The molecule has 3 aromatic carbocycles. The van der Waals surface area contributed by atoms with Crippen molar-refractivity contribution in [2.45, 2.75) is 33.2 Å². The molecule has 0 spiro atoms. The molecule has 0 bridgehead atoms. The van der Waals surface area contributed by atoms with Crippen LogP contribution in [0.1, 0.15) is 38.8 Å². The number of aliphatic imine (C=N–C) groups is 1. The number of carbonyl (C=O) groups excluding carboxylic acids is 1. The van der Waals surface area contributed by atoms with E-state index in [9.17, 15) is 4.79 Å². The van der Waals surface area contributed by atoms with Gasteiger partial charge in [-0.05, 0) is 81.8 Å². The Labute approximate surface area is 194 Å². The van der Waals surface area contributed by atoms with Crippen LogP contribution in [-0.2, 0) is 4.79 Å². The molecule has 0 aromatic heterocycles. The first-order chi connectivity index (χ1) is 15.9. The highest BCUT2D eigenvalue weighted by atomic mass is 16.5. The fraction of sp³-hybridized carbons (Fsp3) is 0.214. The minimum atomic E-state index is -0.444. The second-order valence-electron chi connectivity index (χ2n) is 8.79. The van der Waals surface area contributed by atoms with Crippen molar-refractivity contribution >= 4 is 28.6 Å². The van der Waals surface area contributed by atoms with E-state index in [2.05, 4.69) is 26.8 Å². The number of hydrogen-bond acceptors (Lipinski definition) is 4. The minimum absolute atomic E-state index is 0.0988. The van der Waals surface area contributed by atoms with Crippen molar-refractivity contribution in [1.29, 1.82) is 0 Å². The summed E-state index contributed by atoms with van der Waals surface area (Å²) in [6, 6.07) is 21.0. The smallest absolute Gasteiger partial charge is 0.278 e. The predicted octanol–water partition coefficient (Wildman–Crippen LogP) is 6.54. The Morgan fingerprint density at radius 1 is 0.909 bits per heavy atom. The summed E-state index contributed by atoms with van der Waals surface area (Å²) in [5.74, 6) is 2.13. The summed E-state index contributed by atoms with van der Waals surface area (Å²) in [4.78, 5) is 20.2. The van der Waals surface area contributed by atoms with E-state index in [1.54, 1.807) is 0 Å². The van der Waals surface area contributed by atoms with E-state index in [1.165, 1.54) is 0 Å². The Bertz CT molecular complexity index is 1290. The number of amides is 1. The number of nitrogens with zero attached hydrogens (tertiary/aromatic N) is 2. The highest BCUT2D eigenvalue weighted by molar-refractivity contribution is 6.55. The summed E-state index contributed by atoms with van der Waals surface area (Å²) in [6.07, 6.45) is 2.13. The average Bonchev–Trinajstić information content (AvgIpc) is 3.07. The van der Waals surface area contributed by atoms with Gasteiger partial charge in [0, 0.05) is 11.1 Å². The fourth-order valence-electron chi connectivity index (χ4n) is 4.58. The third-order valence-corrected chi connectivity index (χ3v) is 5.91. The Kier molecular flexibility index (Phi) is 5.05. The summed E-state index contributed by atoms with van der Waals surface area (Å²) >= 11 is 0. The summed E-state index contributed by atoms with van der Waals surface area (Å²) in [5, 5.41) is 0. The lowest BCUT2D eigenvalue weighted by Crippen LogP contribution is -2.47. The van der Waals surface area contributed by atoms with Gasteiger partial charge in [0.05, 0.1) is 23.5 Å². The van der Waals surface area contributed by atoms with Gasteiger partial charge in [0.25, 0.3) is 5.91 Å². The lowest BCUT2D eigenvalue weighted by molar-refractivity contribution is -0.112. The molecule has 2 aliphatic heterocycles. The van der Waals surface area contributed by atoms with Crippen LogP contribution in [-0.4, -0.2) is 23.8 Å². The molecule has 0 atom stereocenters. The second kappa shape index (κ2) is 7.93. The van der Waals surface area contributed by atoms with Gasteiger partial charge >= 0.3 is 0 Å². The maximum atomic E-state index is 13.6. The molecule has 33 heavy (non-hydrogen) atoms. The normalized spacial score (nSPS) is 17.1. The van der Waals surface area contributed by atoms with Crippen LogP contribution in [0.4, 0.5) is 11.4 Å². The van der Waals surface area contributed by atoms with E-state index in [-0.39, 0.29) is 5.91 Å². The van der Waals surface area contributed by atoms with Gasteiger partial charge in [-0.25, -0.2) is 4.99 Å². The van der Waals surface area contributed by atoms with Gasteiger partial charge in [-0.3, -0.25) is 9.69 Å². The SMILES string of the molecule is CCOc1cc2c3c(c1)C(=Nc1ccc(Oc4ccccc4)cc1)C(=O)N3C(C)(C)C=C2C. The predicted molar refractivity (Wildman–Crippen MR) is 132 cm³/mol. The van der Waals surface area contributed by atoms with Crippen molar-refractivity contribution in [2.75, 3.05) is 11.5 Å². The van der Waals surface area contributed by atoms with Crippen molar-refractivity contribution in [3.05, 3.63) is 83.9 Å². The Balaban J connectivity index is 1.55. The molecule has 5 rings (SSSR count). The third-order valence-electron chi connectivity index (χ3n) is 5.91. The largest absolute Gasteiger partial charge is 0.494 e. The highest BCUT2D eigenvalue weighted by Crippen LogP contribution is 2.47. The Morgan fingerprint density at radius 2 is 1.58 bits per heavy atom. The maximum absolute atomic E-state index is 13.6. The zero-order valence-electron chi connectivity index (χ0n) is 19.3. The van der Waals surface area contributed by atoms with Crippen LogP contribution in [0.2, 0.25) is 0 Å². The topological polar surface area (TPSA) is 51.1 Å². The van der Waals surface area contributed by atoms with Crippen LogP contribution >= 0.6 is 0 Å². The highest BCUT2D eigenvalue weighted by Gasteiger charge is 2.45. The van der Waals surface area contributed by atoms with E-state index >= 15 is 0 Å². The number of ether oxygens (including phenoxy) is 2. The summed E-state index contributed by atoms with van der Waals surface area (Å²) in [6.45, 7) is 8.69. The van der Waals surface area contributed by atoms with Crippen LogP contribution in [0.15, 0.2) is 77.8 Å². The number of allylic oxidation sites excluding steroid dienone is 1. The first-order valence-corrected chi connectivity index (χ1v) is 11.1. The molecule has 0 saturated carbocycles.